The van der Waals surface area contributed by atoms with E-state index in [4.69, 9.17) is 11.3 Å². The van der Waals surface area contributed by atoms with Gasteiger partial charge >= 0.3 is 0 Å². The zero-order valence-electron chi connectivity index (χ0n) is 7.12. The molecule has 1 saturated carbocycles. The minimum atomic E-state index is -0.115. The van der Waals surface area contributed by atoms with E-state index in [-0.39, 0.29) is 6.10 Å². The molecule has 2 N–H and O–H groups in total. The van der Waals surface area contributed by atoms with E-state index >= 15 is 0 Å². The molecule has 0 bridgehead atoms. The van der Waals surface area contributed by atoms with Crippen LogP contribution in [0.1, 0.15) is 25.7 Å². The first-order valence-corrected chi connectivity index (χ1v) is 4.31. The smallest absolute Gasteiger partial charge is 0.128 e. The van der Waals surface area contributed by atoms with Gasteiger partial charge in [0.2, 0.25) is 0 Å². The van der Waals surface area contributed by atoms with Crippen LogP contribution >= 0.6 is 0 Å². The van der Waals surface area contributed by atoms with Gasteiger partial charge in [-0.3, -0.25) is 4.84 Å². The second-order valence-electron chi connectivity index (χ2n) is 3.12. The first-order valence-electron chi connectivity index (χ1n) is 4.31. The molecule has 3 nitrogen and oxygen atoms in total. The summed E-state index contributed by atoms with van der Waals surface area (Å²) in [6, 6.07) is 0.363. The Bertz CT molecular complexity index is 156. The number of aliphatic hydroxyl groups is 1. The molecule has 68 valence electrons. The van der Waals surface area contributed by atoms with Crippen molar-refractivity contribution in [3.05, 3.63) is 0 Å². The summed E-state index contributed by atoms with van der Waals surface area (Å²) in [5.74, 6) is 2.38. The molecule has 0 saturated heterocycles. The molecule has 1 aliphatic rings. The lowest BCUT2D eigenvalue weighted by molar-refractivity contribution is 0.0115. The summed E-state index contributed by atoms with van der Waals surface area (Å²) < 4.78 is 0. The Morgan fingerprint density at radius 2 is 2.08 bits per heavy atom. The third kappa shape index (κ3) is 3.22. The van der Waals surface area contributed by atoms with E-state index in [0.29, 0.717) is 12.6 Å². The van der Waals surface area contributed by atoms with E-state index < -0.39 is 0 Å². The quantitative estimate of drug-likeness (QED) is 0.366. The highest BCUT2D eigenvalue weighted by atomic mass is 16.6. The molecular formula is C9H15NO2. The minimum absolute atomic E-state index is 0.115. The lowest BCUT2D eigenvalue weighted by Gasteiger charge is -2.25. The summed E-state index contributed by atoms with van der Waals surface area (Å²) in [5.41, 5.74) is 2.89. The van der Waals surface area contributed by atoms with Gasteiger partial charge in [0.15, 0.2) is 0 Å². The molecule has 0 aromatic carbocycles. The van der Waals surface area contributed by atoms with Crippen LogP contribution in [0.25, 0.3) is 0 Å². The molecule has 1 fully saturated rings. The van der Waals surface area contributed by atoms with Crippen LogP contribution in [-0.2, 0) is 4.84 Å². The van der Waals surface area contributed by atoms with Crippen molar-refractivity contribution < 1.29 is 9.94 Å². The predicted molar refractivity (Wildman–Crippen MR) is 46.2 cm³/mol. The van der Waals surface area contributed by atoms with Crippen LogP contribution in [0, 0.1) is 12.3 Å². The summed E-state index contributed by atoms with van der Waals surface area (Å²) in [7, 11) is 0. The molecule has 0 aliphatic heterocycles. The van der Waals surface area contributed by atoms with Gasteiger partial charge < -0.3 is 5.11 Å². The van der Waals surface area contributed by atoms with Crippen LogP contribution < -0.4 is 5.48 Å². The highest BCUT2D eigenvalue weighted by Gasteiger charge is 2.18. The third-order valence-electron chi connectivity index (χ3n) is 2.10. The van der Waals surface area contributed by atoms with Crippen LogP contribution in [0.4, 0.5) is 0 Å². The molecule has 0 radical (unpaired) electrons. The Hall–Kier alpha value is -0.560. The van der Waals surface area contributed by atoms with Gasteiger partial charge in [0, 0.05) is 6.04 Å². The first kappa shape index (κ1) is 9.53. The molecule has 0 heterocycles. The topological polar surface area (TPSA) is 41.5 Å². The Balaban J connectivity index is 2.06. The van der Waals surface area contributed by atoms with Crippen molar-refractivity contribution in [1.29, 1.82) is 0 Å². The Kier molecular flexibility index (Phi) is 4.09. The van der Waals surface area contributed by atoms with E-state index in [1.165, 1.54) is 0 Å². The minimum Gasteiger partial charge on any atom is -0.393 e. The Labute approximate surface area is 73.1 Å². The average molecular weight is 169 g/mol. The van der Waals surface area contributed by atoms with Crippen molar-refractivity contribution >= 4 is 0 Å². The molecule has 0 aromatic rings. The average Bonchev–Trinajstić information content (AvgIpc) is 2.09. The fraction of sp³-hybridized carbons (Fsp3) is 0.778. The van der Waals surface area contributed by atoms with Gasteiger partial charge in [0.1, 0.15) is 6.61 Å². The number of aliphatic hydroxyl groups excluding tert-OH is 1. The summed E-state index contributed by atoms with van der Waals surface area (Å²) in [5, 5.41) is 9.20. The monoisotopic (exact) mass is 169 g/mol. The van der Waals surface area contributed by atoms with Gasteiger partial charge in [-0.25, -0.2) is 0 Å². The molecule has 0 atom stereocenters. The van der Waals surface area contributed by atoms with Gasteiger partial charge in [0.25, 0.3) is 0 Å². The number of hydrogen-bond acceptors (Lipinski definition) is 3. The van der Waals surface area contributed by atoms with Gasteiger partial charge in [0.05, 0.1) is 6.10 Å². The van der Waals surface area contributed by atoms with Crippen LogP contribution in [0.3, 0.4) is 0 Å². The second kappa shape index (κ2) is 5.15. The maximum atomic E-state index is 9.20. The normalized spacial score (nSPS) is 29.7. The molecule has 12 heavy (non-hydrogen) atoms. The van der Waals surface area contributed by atoms with Crippen molar-refractivity contribution in [3.8, 4) is 12.3 Å². The highest BCUT2D eigenvalue weighted by Crippen LogP contribution is 2.17. The lowest BCUT2D eigenvalue weighted by Crippen LogP contribution is -2.34. The van der Waals surface area contributed by atoms with Crippen molar-refractivity contribution in [3.63, 3.8) is 0 Å². The molecule has 0 amide bonds. The standard InChI is InChI=1S/C9H15NO2/c1-2-7-12-10-8-3-5-9(11)6-4-8/h1,8-11H,3-7H2. The molecule has 0 aromatic heterocycles. The zero-order valence-corrected chi connectivity index (χ0v) is 7.12. The maximum absolute atomic E-state index is 9.20. The van der Waals surface area contributed by atoms with Gasteiger partial charge in [-0.05, 0) is 25.7 Å². The predicted octanol–water partition coefficient (Wildman–Crippen LogP) is 0.444. The van der Waals surface area contributed by atoms with Crippen molar-refractivity contribution in [2.45, 2.75) is 37.8 Å². The van der Waals surface area contributed by atoms with Crippen molar-refractivity contribution in [2.24, 2.45) is 0 Å². The molecule has 1 rings (SSSR count). The Morgan fingerprint density at radius 1 is 1.42 bits per heavy atom. The largest absolute Gasteiger partial charge is 0.393 e. The SMILES string of the molecule is C#CCONC1CCC(O)CC1. The van der Waals surface area contributed by atoms with Crippen molar-refractivity contribution in [2.75, 3.05) is 6.61 Å². The lowest BCUT2D eigenvalue weighted by atomic mass is 9.94. The maximum Gasteiger partial charge on any atom is 0.128 e. The van der Waals surface area contributed by atoms with Gasteiger partial charge in [-0.2, -0.15) is 5.48 Å². The highest BCUT2D eigenvalue weighted by molar-refractivity contribution is 4.83. The van der Waals surface area contributed by atoms with Gasteiger partial charge in [-0.15, -0.1) is 6.42 Å². The number of rotatable bonds is 3. The van der Waals surface area contributed by atoms with Crippen LogP contribution in [0.5, 0.6) is 0 Å². The summed E-state index contributed by atoms with van der Waals surface area (Å²) in [6.07, 6.45) is 8.54. The number of nitrogens with one attached hydrogen (secondary N) is 1. The molecule has 0 spiro atoms. The Morgan fingerprint density at radius 3 is 2.67 bits per heavy atom. The van der Waals surface area contributed by atoms with E-state index in [1.54, 1.807) is 0 Å². The van der Waals surface area contributed by atoms with Gasteiger partial charge in [-0.1, -0.05) is 5.92 Å². The molecule has 3 heteroatoms. The molecule has 0 unspecified atom stereocenters. The second-order valence-corrected chi connectivity index (χ2v) is 3.12. The third-order valence-corrected chi connectivity index (χ3v) is 2.10. The number of hydrogen-bond donors (Lipinski definition) is 2. The van der Waals surface area contributed by atoms with E-state index in [1.807, 2.05) is 0 Å². The number of hydroxylamine groups is 1. The van der Waals surface area contributed by atoms with E-state index in [2.05, 4.69) is 11.4 Å². The first-order chi connectivity index (χ1) is 5.83. The molecule has 1 aliphatic carbocycles. The van der Waals surface area contributed by atoms with Crippen LogP contribution in [0.2, 0.25) is 0 Å². The number of terminal acetylenes is 1. The summed E-state index contributed by atoms with van der Waals surface area (Å²) >= 11 is 0. The van der Waals surface area contributed by atoms with Crippen LogP contribution in [0.15, 0.2) is 0 Å². The molecular weight excluding hydrogens is 154 g/mol. The summed E-state index contributed by atoms with van der Waals surface area (Å²) in [4.78, 5) is 4.99. The van der Waals surface area contributed by atoms with Crippen molar-refractivity contribution in [1.82, 2.24) is 5.48 Å². The van der Waals surface area contributed by atoms with Crippen LogP contribution in [-0.4, -0.2) is 23.9 Å². The zero-order chi connectivity index (χ0) is 8.81. The van der Waals surface area contributed by atoms with E-state index in [0.717, 1.165) is 25.7 Å². The fourth-order valence-corrected chi connectivity index (χ4v) is 1.39. The fourth-order valence-electron chi connectivity index (χ4n) is 1.39. The van der Waals surface area contributed by atoms with E-state index in [9.17, 15) is 5.11 Å². The summed E-state index contributed by atoms with van der Waals surface area (Å²) in [6.45, 7) is 0.305.